The highest BCUT2D eigenvalue weighted by atomic mass is 19.2. The Bertz CT molecular complexity index is 582. The number of methoxy groups -OCH3 is 1. The largest absolute Gasteiger partial charge is 0.376 e. The Labute approximate surface area is 119 Å². The van der Waals surface area contributed by atoms with E-state index in [2.05, 4.69) is 5.32 Å². The molecule has 1 N–H and O–H groups in total. The Morgan fingerprint density at radius 1 is 1.43 bits per heavy atom. The standard InChI is InChI=1S/C13H14F2N2O4/c1-21-13(3-2-4-13)7-16-12(18)8-5-9(14)10(15)6-11(8)17(19)20/h5-6H,2-4,7H2,1H3,(H,16,18). The highest BCUT2D eigenvalue weighted by Crippen LogP contribution is 2.34. The third-order valence-corrected chi connectivity index (χ3v) is 3.75. The normalized spacial score (nSPS) is 16.1. The molecule has 0 spiro atoms. The minimum atomic E-state index is -1.37. The van der Waals surface area contributed by atoms with E-state index in [-0.39, 0.29) is 6.54 Å². The van der Waals surface area contributed by atoms with Crippen LogP contribution in [0.5, 0.6) is 0 Å². The van der Waals surface area contributed by atoms with Crippen molar-refractivity contribution < 1.29 is 23.2 Å². The zero-order chi connectivity index (χ0) is 15.6. The monoisotopic (exact) mass is 300 g/mol. The van der Waals surface area contributed by atoms with Gasteiger partial charge >= 0.3 is 0 Å². The van der Waals surface area contributed by atoms with Crippen LogP contribution in [0, 0.1) is 21.7 Å². The summed E-state index contributed by atoms with van der Waals surface area (Å²) in [5, 5.41) is 13.3. The van der Waals surface area contributed by atoms with Crippen LogP contribution in [0.4, 0.5) is 14.5 Å². The molecular formula is C13H14F2N2O4. The number of benzene rings is 1. The molecule has 1 aromatic carbocycles. The smallest absolute Gasteiger partial charge is 0.285 e. The van der Waals surface area contributed by atoms with Gasteiger partial charge in [-0.05, 0) is 25.3 Å². The predicted octanol–water partition coefficient (Wildman–Crippen LogP) is 2.17. The van der Waals surface area contributed by atoms with E-state index in [1.807, 2.05) is 0 Å². The van der Waals surface area contributed by atoms with Crippen molar-refractivity contribution in [2.75, 3.05) is 13.7 Å². The first-order chi connectivity index (χ1) is 9.88. The number of nitrogens with one attached hydrogen (secondary N) is 1. The number of nitro benzene ring substituents is 1. The molecule has 1 aliphatic carbocycles. The molecule has 0 saturated heterocycles. The average molecular weight is 300 g/mol. The van der Waals surface area contributed by atoms with Crippen molar-refractivity contribution in [1.82, 2.24) is 5.32 Å². The summed E-state index contributed by atoms with van der Waals surface area (Å²) in [6.45, 7) is 0.165. The first-order valence-electron chi connectivity index (χ1n) is 6.35. The van der Waals surface area contributed by atoms with E-state index in [0.717, 1.165) is 19.3 Å². The van der Waals surface area contributed by atoms with Gasteiger partial charge in [-0.15, -0.1) is 0 Å². The quantitative estimate of drug-likeness (QED) is 0.667. The van der Waals surface area contributed by atoms with E-state index in [4.69, 9.17) is 4.74 Å². The summed E-state index contributed by atoms with van der Waals surface area (Å²) in [4.78, 5) is 21.9. The van der Waals surface area contributed by atoms with Gasteiger partial charge in [-0.1, -0.05) is 0 Å². The summed E-state index contributed by atoms with van der Waals surface area (Å²) >= 11 is 0. The van der Waals surface area contributed by atoms with Crippen LogP contribution >= 0.6 is 0 Å². The molecule has 0 unspecified atom stereocenters. The molecule has 1 fully saturated rings. The fraction of sp³-hybridized carbons (Fsp3) is 0.462. The number of amides is 1. The number of carbonyl (C=O) groups is 1. The lowest BCUT2D eigenvalue weighted by molar-refractivity contribution is -0.385. The maximum absolute atomic E-state index is 13.2. The third-order valence-electron chi connectivity index (χ3n) is 3.75. The van der Waals surface area contributed by atoms with Crippen LogP contribution in [-0.4, -0.2) is 30.1 Å². The van der Waals surface area contributed by atoms with Gasteiger partial charge in [-0.2, -0.15) is 0 Å². The number of rotatable bonds is 5. The van der Waals surface area contributed by atoms with Gasteiger partial charge in [0.15, 0.2) is 11.6 Å². The van der Waals surface area contributed by atoms with Crippen molar-refractivity contribution in [2.45, 2.75) is 24.9 Å². The molecule has 1 aromatic rings. The second-order valence-corrected chi connectivity index (χ2v) is 4.96. The zero-order valence-electron chi connectivity index (χ0n) is 11.3. The van der Waals surface area contributed by atoms with Crippen LogP contribution in [0.2, 0.25) is 0 Å². The molecule has 8 heteroatoms. The van der Waals surface area contributed by atoms with Crippen LogP contribution < -0.4 is 5.32 Å². The minimum Gasteiger partial charge on any atom is -0.376 e. The van der Waals surface area contributed by atoms with E-state index < -0.39 is 39.3 Å². The fourth-order valence-electron chi connectivity index (χ4n) is 2.23. The fourth-order valence-corrected chi connectivity index (χ4v) is 2.23. The lowest BCUT2D eigenvalue weighted by Crippen LogP contribution is -2.49. The van der Waals surface area contributed by atoms with Gasteiger partial charge in [-0.3, -0.25) is 14.9 Å². The van der Waals surface area contributed by atoms with Gasteiger partial charge in [0.25, 0.3) is 11.6 Å². The SMILES string of the molecule is COC1(CNC(=O)c2cc(F)c(F)cc2[N+](=O)[O-])CCC1. The molecule has 1 saturated carbocycles. The molecule has 0 aliphatic heterocycles. The number of carbonyl (C=O) groups excluding carboxylic acids is 1. The van der Waals surface area contributed by atoms with E-state index in [9.17, 15) is 23.7 Å². The number of hydrogen-bond acceptors (Lipinski definition) is 4. The zero-order valence-corrected chi connectivity index (χ0v) is 11.3. The molecule has 1 aliphatic rings. The highest BCUT2D eigenvalue weighted by Gasteiger charge is 2.37. The van der Waals surface area contributed by atoms with Gasteiger partial charge < -0.3 is 10.1 Å². The summed E-state index contributed by atoms with van der Waals surface area (Å²) in [5.41, 5.74) is -1.75. The van der Waals surface area contributed by atoms with E-state index in [0.29, 0.717) is 12.1 Å². The van der Waals surface area contributed by atoms with Gasteiger partial charge in [0.2, 0.25) is 0 Å². The number of nitrogens with zero attached hydrogens (tertiary/aromatic N) is 1. The van der Waals surface area contributed by atoms with Gasteiger partial charge in [-0.25, -0.2) is 8.78 Å². The van der Waals surface area contributed by atoms with Gasteiger partial charge in [0.05, 0.1) is 16.6 Å². The molecule has 0 radical (unpaired) electrons. The van der Waals surface area contributed by atoms with Crippen molar-refractivity contribution in [3.8, 4) is 0 Å². The van der Waals surface area contributed by atoms with Gasteiger partial charge in [0.1, 0.15) is 5.56 Å². The number of ether oxygens (including phenoxy) is 1. The Balaban J connectivity index is 2.18. The molecule has 0 heterocycles. The Kier molecular flexibility index (Phi) is 4.17. The summed E-state index contributed by atoms with van der Waals surface area (Å²) in [6, 6.07) is 0.933. The predicted molar refractivity (Wildman–Crippen MR) is 68.9 cm³/mol. The lowest BCUT2D eigenvalue weighted by atomic mass is 9.80. The molecule has 2 rings (SSSR count). The third kappa shape index (κ3) is 2.99. The molecular weight excluding hydrogens is 286 g/mol. The molecule has 6 nitrogen and oxygen atoms in total. The summed E-state index contributed by atoms with van der Waals surface area (Å²) in [6.07, 6.45) is 2.50. The topological polar surface area (TPSA) is 81.5 Å². The van der Waals surface area contributed by atoms with Crippen LogP contribution in [0.15, 0.2) is 12.1 Å². The lowest BCUT2D eigenvalue weighted by Gasteiger charge is -2.40. The van der Waals surface area contributed by atoms with Crippen molar-refractivity contribution in [3.05, 3.63) is 39.4 Å². The van der Waals surface area contributed by atoms with Crippen LogP contribution in [0.25, 0.3) is 0 Å². The average Bonchev–Trinajstić information content (AvgIpc) is 2.40. The maximum atomic E-state index is 13.2. The maximum Gasteiger partial charge on any atom is 0.285 e. The van der Waals surface area contributed by atoms with Crippen LogP contribution in [0.1, 0.15) is 29.6 Å². The number of halogens is 2. The van der Waals surface area contributed by atoms with E-state index in [1.165, 1.54) is 7.11 Å². The molecule has 0 aromatic heterocycles. The second kappa shape index (κ2) is 5.72. The number of nitro groups is 1. The highest BCUT2D eigenvalue weighted by molar-refractivity contribution is 5.98. The first-order valence-corrected chi connectivity index (χ1v) is 6.35. The Morgan fingerprint density at radius 3 is 2.52 bits per heavy atom. The molecule has 0 bridgehead atoms. The second-order valence-electron chi connectivity index (χ2n) is 4.96. The Hall–Kier alpha value is -2.09. The van der Waals surface area contributed by atoms with Crippen molar-refractivity contribution in [2.24, 2.45) is 0 Å². The van der Waals surface area contributed by atoms with E-state index >= 15 is 0 Å². The van der Waals surface area contributed by atoms with Crippen molar-refractivity contribution in [1.29, 1.82) is 0 Å². The number of hydrogen-bond donors (Lipinski definition) is 1. The Morgan fingerprint density at radius 2 is 2.05 bits per heavy atom. The summed E-state index contributed by atoms with van der Waals surface area (Å²) < 4.78 is 31.5. The minimum absolute atomic E-state index is 0.165. The molecule has 1 amide bonds. The van der Waals surface area contributed by atoms with Gasteiger partial charge in [0, 0.05) is 13.7 Å². The van der Waals surface area contributed by atoms with Crippen LogP contribution in [-0.2, 0) is 4.74 Å². The molecule has 0 atom stereocenters. The van der Waals surface area contributed by atoms with Crippen molar-refractivity contribution >= 4 is 11.6 Å². The van der Waals surface area contributed by atoms with E-state index in [1.54, 1.807) is 0 Å². The molecule has 21 heavy (non-hydrogen) atoms. The van der Waals surface area contributed by atoms with Crippen LogP contribution in [0.3, 0.4) is 0 Å². The van der Waals surface area contributed by atoms with Crippen molar-refractivity contribution in [3.63, 3.8) is 0 Å². The molecule has 114 valence electrons. The summed E-state index contributed by atoms with van der Waals surface area (Å²) in [7, 11) is 1.52. The summed E-state index contributed by atoms with van der Waals surface area (Å²) in [5.74, 6) is -3.51. The first kappa shape index (κ1) is 15.3.